The molecular weight excluding hydrogens is 274 g/mol. The minimum atomic E-state index is 0.435. The van der Waals surface area contributed by atoms with Crippen molar-refractivity contribution in [3.8, 4) is 5.75 Å². The van der Waals surface area contributed by atoms with Gasteiger partial charge in [0.15, 0.2) is 5.96 Å². The summed E-state index contributed by atoms with van der Waals surface area (Å²) in [6.45, 7) is 3.49. The molecule has 0 bridgehead atoms. The van der Waals surface area contributed by atoms with Crippen molar-refractivity contribution in [2.45, 2.75) is 19.8 Å². The van der Waals surface area contributed by atoms with Gasteiger partial charge < -0.3 is 15.8 Å². The van der Waals surface area contributed by atoms with Crippen molar-refractivity contribution in [3.63, 3.8) is 0 Å². The third kappa shape index (κ3) is 5.48. The lowest BCUT2D eigenvalue weighted by molar-refractivity contribution is 0.317. The number of para-hydroxylation sites is 1. The van der Waals surface area contributed by atoms with E-state index < -0.39 is 0 Å². The summed E-state index contributed by atoms with van der Waals surface area (Å²) < 4.78 is 5.63. The molecule has 0 atom stereocenters. The zero-order valence-corrected chi connectivity index (χ0v) is 13.0. The van der Waals surface area contributed by atoms with E-state index in [1.165, 1.54) is 5.56 Å². The van der Waals surface area contributed by atoms with E-state index in [1.807, 2.05) is 42.5 Å². The Labute approximate surface area is 132 Å². The number of rotatable bonds is 7. The highest BCUT2D eigenvalue weighted by molar-refractivity contribution is 5.92. The van der Waals surface area contributed by atoms with E-state index in [0.29, 0.717) is 12.5 Å². The first kappa shape index (κ1) is 15.9. The summed E-state index contributed by atoms with van der Waals surface area (Å²) in [6.07, 6.45) is 1.84. The first-order chi connectivity index (χ1) is 10.8. The van der Waals surface area contributed by atoms with Crippen molar-refractivity contribution in [1.82, 2.24) is 0 Å². The molecule has 3 N–H and O–H groups in total. The van der Waals surface area contributed by atoms with Gasteiger partial charge in [0, 0.05) is 12.2 Å². The molecule has 0 aliphatic carbocycles. The molecule has 0 spiro atoms. The molecule has 0 fully saturated rings. The maximum Gasteiger partial charge on any atom is 0.193 e. The lowest BCUT2D eigenvalue weighted by Gasteiger charge is -2.07. The predicted molar refractivity (Wildman–Crippen MR) is 92.5 cm³/mol. The highest BCUT2D eigenvalue weighted by Gasteiger charge is 1.98. The number of aliphatic imine (C=N–C) groups is 1. The molecule has 2 rings (SSSR count). The molecule has 0 saturated carbocycles. The number of nitrogens with two attached hydrogens (primary N) is 1. The van der Waals surface area contributed by atoms with Crippen LogP contribution in [0.25, 0.3) is 0 Å². The molecule has 4 nitrogen and oxygen atoms in total. The quantitative estimate of drug-likeness (QED) is 0.608. The first-order valence-electron chi connectivity index (χ1n) is 7.61. The van der Waals surface area contributed by atoms with Crippen LogP contribution in [0.2, 0.25) is 0 Å². The summed E-state index contributed by atoms with van der Waals surface area (Å²) in [5.74, 6) is 1.35. The Hall–Kier alpha value is -2.49. The van der Waals surface area contributed by atoms with Crippen LogP contribution in [-0.4, -0.2) is 19.1 Å². The van der Waals surface area contributed by atoms with E-state index in [9.17, 15) is 0 Å². The van der Waals surface area contributed by atoms with Gasteiger partial charge in [0.1, 0.15) is 5.75 Å². The summed E-state index contributed by atoms with van der Waals surface area (Å²) in [5.41, 5.74) is 8.02. The van der Waals surface area contributed by atoms with Crippen LogP contribution >= 0.6 is 0 Å². The van der Waals surface area contributed by atoms with E-state index in [0.717, 1.165) is 30.9 Å². The van der Waals surface area contributed by atoms with Crippen LogP contribution in [0.3, 0.4) is 0 Å². The molecule has 0 heterocycles. The number of nitrogens with one attached hydrogen (secondary N) is 1. The lowest BCUT2D eigenvalue weighted by Crippen LogP contribution is -2.23. The average Bonchev–Trinajstić information content (AvgIpc) is 2.54. The Kier molecular flexibility index (Phi) is 6.30. The van der Waals surface area contributed by atoms with Crippen molar-refractivity contribution in [3.05, 3.63) is 60.2 Å². The molecule has 0 aromatic heterocycles. The molecule has 0 saturated heterocycles. The van der Waals surface area contributed by atoms with Gasteiger partial charge in [-0.15, -0.1) is 0 Å². The van der Waals surface area contributed by atoms with Gasteiger partial charge in [0.05, 0.1) is 6.61 Å². The van der Waals surface area contributed by atoms with E-state index in [4.69, 9.17) is 10.5 Å². The zero-order valence-electron chi connectivity index (χ0n) is 13.0. The van der Waals surface area contributed by atoms with Crippen LogP contribution in [0.5, 0.6) is 5.75 Å². The van der Waals surface area contributed by atoms with Crippen LogP contribution in [-0.2, 0) is 6.42 Å². The normalized spacial score (nSPS) is 11.2. The molecule has 2 aromatic carbocycles. The summed E-state index contributed by atoms with van der Waals surface area (Å²) >= 11 is 0. The number of hydrogen-bond donors (Lipinski definition) is 2. The van der Waals surface area contributed by atoms with Gasteiger partial charge in [0.2, 0.25) is 0 Å². The number of anilines is 1. The van der Waals surface area contributed by atoms with E-state index in [1.54, 1.807) is 0 Å². The maximum absolute atomic E-state index is 5.88. The SMILES string of the molecule is CCCOc1cccc(CCN=C(N)Nc2ccccc2)c1. The molecular formula is C18H23N3O. The standard InChI is InChI=1S/C18H23N3O/c1-2-13-22-17-10-6-7-15(14-17)11-12-20-18(19)21-16-8-4-3-5-9-16/h3-10,14H,2,11-13H2,1H3,(H3,19,20,21). The molecule has 116 valence electrons. The highest BCUT2D eigenvalue weighted by Crippen LogP contribution is 2.14. The minimum absolute atomic E-state index is 0.435. The van der Waals surface area contributed by atoms with Crippen molar-refractivity contribution >= 4 is 11.6 Å². The summed E-state index contributed by atoms with van der Waals surface area (Å²) in [7, 11) is 0. The topological polar surface area (TPSA) is 59.6 Å². The molecule has 0 unspecified atom stereocenters. The van der Waals surface area contributed by atoms with Gasteiger partial charge in [-0.25, -0.2) is 0 Å². The summed E-state index contributed by atoms with van der Waals surface area (Å²) in [6, 6.07) is 17.9. The summed E-state index contributed by atoms with van der Waals surface area (Å²) in [5, 5.41) is 3.07. The summed E-state index contributed by atoms with van der Waals surface area (Å²) in [4.78, 5) is 4.35. The second-order valence-electron chi connectivity index (χ2n) is 5.00. The van der Waals surface area contributed by atoms with E-state index in [-0.39, 0.29) is 0 Å². The molecule has 0 aliphatic rings. The van der Waals surface area contributed by atoms with Gasteiger partial charge in [-0.2, -0.15) is 0 Å². The molecule has 0 radical (unpaired) electrons. The van der Waals surface area contributed by atoms with Crippen molar-refractivity contribution in [1.29, 1.82) is 0 Å². The lowest BCUT2D eigenvalue weighted by atomic mass is 10.1. The molecule has 22 heavy (non-hydrogen) atoms. The second-order valence-corrected chi connectivity index (χ2v) is 5.00. The minimum Gasteiger partial charge on any atom is -0.494 e. The second kappa shape index (κ2) is 8.72. The third-order valence-electron chi connectivity index (χ3n) is 3.10. The fraction of sp³-hybridized carbons (Fsp3) is 0.278. The fourth-order valence-corrected chi connectivity index (χ4v) is 2.03. The Morgan fingerprint density at radius 3 is 2.73 bits per heavy atom. The molecule has 0 aliphatic heterocycles. The van der Waals surface area contributed by atoms with E-state index in [2.05, 4.69) is 29.4 Å². The van der Waals surface area contributed by atoms with Crippen LogP contribution < -0.4 is 15.8 Å². The number of hydrogen-bond acceptors (Lipinski definition) is 2. The van der Waals surface area contributed by atoms with Gasteiger partial charge in [-0.3, -0.25) is 4.99 Å². The Morgan fingerprint density at radius 2 is 1.95 bits per heavy atom. The molecule has 2 aromatic rings. The number of benzene rings is 2. The zero-order chi connectivity index (χ0) is 15.6. The number of nitrogens with zero attached hydrogens (tertiary/aromatic N) is 1. The molecule has 4 heteroatoms. The van der Waals surface area contributed by atoms with Crippen molar-refractivity contribution in [2.75, 3.05) is 18.5 Å². The molecule has 0 amide bonds. The van der Waals surface area contributed by atoms with Crippen LogP contribution in [0.4, 0.5) is 5.69 Å². The van der Waals surface area contributed by atoms with E-state index >= 15 is 0 Å². The van der Waals surface area contributed by atoms with Crippen molar-refractivity contribution < 1.29 is 4.74 Å². The smallest absolute Gasteiger partial charge is 0.193 e. The maximum atomic E-state index is 5.88. The van der Waals surface area contributed by atoms with Gasteiger partial charge in [0.25, 0.3) is 0 Å². The number of guanidine groups is 1. The van der Waals surface area contributed by atoms with Gasteiger partial charge in [-0.05, 0) is 42.7 Å². The van der Waals surface area contributed by atoms with Crippen LogP contribution in [0.1, 0.15) is 18.9 Å². The Morgan fingerprint density at radius 1 is 1.14 bits per heavy atom. The van der Waals surface area contributed by atoms with Gasteiger partial charge in [-0.1, -0.05) is 37.3 Å². The third-order valence-corrected chi connectivity index (χ3v) is 3.10. The van der Waals surface area contributed by atoms with Crippen LogP contribution in [0, 0.1) is 0 Å². The van der Waals surface area contributed by atoms with Gasteiger partial charge >= 0.3 is 0 Å². The Balaban J connectivity index is 1.83. The first-order valence-corrected chi connectivity index (χ1v) is 7.61. The van der Waals surface area contributed by atoms with Crippen LogP contribution in [0.15, 0.2) is 59.6 Å². The monoisotopic (exact) mass is 297 g/mol. The predicted octanol–water partition coefficient (Wildman–Crippen LogP) is 3.44. The average molecular weight is 297 g/mol. The largest absolute Gasteiger partial charge is 0.494 e. The number of ether oxygens (including phenoxy) is 1. The highest BCUT2D eigenvalue weighted by atomic mass is 16.5. The fourth-order valence-electron chi connectivity index (χ4n) is 2.03. The van der Waals surface area contributed by atoms with Crippen molar-refractivity contribution in [2.24, 2.45) is 10.7 Å². The Bertz CT molecular complexity index is 596.